The van der Waals surface area contributed by atoms with E-state index in [4.69, 9.17) is 4.55 Å². The lowest BCUT2D eigenvalue weighted by Crippen LogP contribution is -2.24. The van der Waals surface area contributed by atoms with Crippen LogP contribution < -0.4 is 16.2 Å². The van der Waals surface area contributed by atoms with Gasteiger partial charge in [0.2, 0.25) is 0 Å². The second-order valence-corrected chi connectivity index (χ2v) is 7.35. The Morgan fingerprint density at radius 3 is 2.27 bits per heavy atom. The standard InChI is InChI=1S/C14H15N3O.C2H7N.CH4O3S/c1-9-4-6-10(7-5-9)12-13-11(3-2-8-15-13)14(18)17-16-12;1-3-2;1-5(2,3)4/h4-7,15H,2-3,8H2,1H3,(H,17,18);3H,1-2H3;1H3,(H,2,3,4). The molecule has 0 atom stereocenters. The fraction of sp³-hybridized carbons (Fsp3) is 0.412. The van der Waals surface area contributed by atoms with Crippen LogP contribution in [0.2, 0.25) is 0 Å². The molecule has 0 radical (unpaired) electrons. The second-order valence-electron chi connectivity index (χ2n) is 5.88. The summed E-state index contributed by atoms with van der Waals surface area (Å²) < 4.78 is 25.9. The molecule has 8 nitrogen and oxygen atoms in total. The number of aromatic amines is 1. The van der Waals surface area contributed by atoms with Gasteiger partial charge in [-0.2, -0.15) is 13.5 Å². The summed E-state index contributed by atoms with van der Waals surface area (Å²) in [5.74, 6) is 0. The second kappa shape index (κ2) is 10.0. The Balaban J connectivity index is 0.000000361. The van der Waals surface area contributed by atoms with Crippen LogP contribution in [-0.2, 0) is 16.5 Å². The fourth-order valence-corrected chi connectivity index (χ4v) is 2.31. The van der Waals surface area contributed by atoms with Crippen molar-refractivity contribution in [2.24, 2.45) is 0 Å². The molecule has 0 amide bonds. The van der Waals surface area contributed by atoms with E-state index in [1.165, 1.54) is 5.56 Å². The van der Waals surface area contributed by atoms with E-state index in [0.29, 0.717) is 6.26 Å². The Labute approximate surface area is 153 Å². The number of nitrogens with zero attached hydrogens (tertiary/aromatic N) is 1. The third-order valence-corrected chi connectivity index (χ3v) is 3.31. The number of anilines is 1. The normalized spacial score (nSPS) is 12.5. The number of nitrogens with one attached hydrogen (secondary N) is 3. The van der Waals surface area contributed by atoms with Crippen molar-refractivity contribution >= 4 is 15.8 Å². The van der Waals surface area contributed by atoms with Crippen molar-refractivity contribution in [3.63, 3.8) is 0 Å². The van der Waals surface area contributed by atoms with E-state index in [9.17, 15) is 13.2 Å². The van der Waals surface area contributed by atoms with Crippen LogP contribution in [0.1, 0.15) is 17.5 Å². The quantitative estimate of drug-likeness (QED) is 0.550. The van der Waals surface area contributed by atoms with Crippen molar-refractivity contribution in [3.05, 3.63) is 45.7 Å². The first-order chi connectivity index (χ1) is 12.2. The van der Waals surface area contributed by atoms with Gasteiger partial charge in [-0.3, -0.25) is 9.35 Å². The molecular formula is C17H26N4O4S. The molecule has 9 heteroatoms. The number of fused-ring (bicyclic) bond motifs is 1. The summed E-state index contributed by atoms with van der Waals surface area (Å²) in [5, 5.41) is 12.8. The Morgan fingerprint density at radius 2 is 1.73 bits per heavy atom. The number of hydrogen-bond acceptors (Lipinski definition) is 6. The summed E-state index contributed by atoms with van der Waals surface area (Å²) in [4.78, 5) is 11.7. The summed E-state index contributed by atoms with van der Waals surface area (Å²) in [6, 6.07) is 8.17. The van der Waals surface area contributed by atoms with Gasteiger partial charge >= 0.3 is 0 Å². The summed E-state index contributed by atoms with van der Waals surface area (Å²) >= 11 is 0. The molecule has 2 heterocycles. The first-order valence-electron chi connectivity index (χ1n) is 8.10. The zero-order valence-corrected chi connectivity index (χ0v) is 16.3. The van der Waals surface area contributed by atoms with E-state index >= 15 is 0 Å². The smallest absolute Gasteiger partial charge is 0.269 e. The van der Waals surface area contributed by atoms with Crippen molar-refractivity contribution in [1.82, 2.24) is 15.5 Å². The van der Waals surface area contributed by atoms with Gasteiger partial charge in [-0.1, -0.05) is 29.8 Å². The molecule has 4 N–H and O–H groups in total. The van der Waals surface area contributed by atoms with Gasteiger partial charge in [0.25, 0.3) is 15.7 Å². The average Bonchev–Trinajstić information content (AvgIpc) is 2.56. The average molecular weight is 382 g/mol. The van der Waals surface area contributed by atoms with Gasteiger partial charge in [-0.15, -0.1) is 0 Å². The number of aromatic nitrogens is 2. The van der Waals surface area contributed by atoms with Crippen LogP contribution >= 0.6 is 0 Å². The lowest BCUT2D eigenvalue weighted by molar-refractivity contribution is 0.490. The highest BCUT2D eigenvalue weighted by atomic mass is 32.2. The Bertz CT molecular complexity index is 853. The van der Waals surface area contributed by atoms with Crippen molar-refractivity contribution < 1.29 is 13.0 Å². The van der Waals surface area contributed by atoms with E-state index < -0.39 is 10.1 Å². The van der Waals surface area contributed by atoms with E-state index in [2.05, 4.69) is 39.9 Å². The zero-order chi connectivity index (χ0) is 19.7. The Kier molecular flexibility index (Phi) is 8.43. The number of hydrogen-bond donors (Lipinski definition) is 4. The number of H-pyrrole nitrogens is 1. The van der Waals surface area contributed by atoms with Crippen LogP contribution in [0.5, 0.6) is 0 Å². The zero-order valence-electron chi connectivity index (χ0n) is 15.5. The molecule has 0 bridgehead atoms. The van der Waals surface area contributed by atoms with Crippen LogP contribution in [0.4, 0.5) is 5.69 Å². The molecule has 0 aliphatic carbocycles. The van der Waals surface area contributed by atoms with E-state index in [1.54, 1.807) is 0 Å². The number of benzene rings is 1. The van der Waals surface area contributed by atoms with Gasteiger partial charge in [-0.05, 0) is 33.9 Å². The highest BCUT2D eigenvalue weighted by molar-refractivity contribution is 7.85. The molecule has 0 spiro atoms. The highest BCUT2D eigenvalue weighted by Gasteiger charge is 2.18. The molecule has 1 aromatic heterocycles. The predicted octanol–water partition coefficient (Wildman–Crippen LogP) is 1.44. The third kappa shape index (κ3) is 7.34. The lowest BCUT2D eigenvalue weighted by Gasteiger charge is -2.19. The van der Waals surface area contributed by atoms with Gasteiger partial charge < -0.3 is 10.6 Å². The molecular weight excluding hydrogens is 356 g/mol. The molecule has 3 rings (SSSR count). The maximum absolute atomic E-state index is 11.7. The van der Waals surface area contributed by atoms with Crippen molar-refractivity contribution in [3.8, 4) is 11.3 Å². The van der Waals surface area contributed by atoms with Crippen LogP contribution in [0.3, 0.4) is 0 Å². The predicted molar refractivity (Wildman–Crippen MR) is 104 cm³/mol. The lowest BCUT2D eigenvalue weighted by atomic mass is 10.0. The molecule has 26 heavy (non-hydrogen) atoms. The first kappa shape index (κ1) is 21.8. The monoisotopic (exact) mass is 382 g/mol. The Hall–Kier alpha value is -2.23. The van der Waals surface area contributed by atoms with Crippen LogP contribution in [0, 0.1) is 6.92 Å². The van der Waals surface area contributed by atoms with Crippen molar-refractivity contribution in [1.29, 1.82) is 0 Å². The van der Waals surface area contributed by atoms with Gasteiger partial charge in [0, 0.05) is 17.7 Å². The molecule has 144 valence electrons. The fourth-order valence-electron chi connectivity index (χ4n) is 2.31. The van der Waals surface area contributed by atoms with Crippen LogP contribution in [0.25, 0.3) is 11.3 Å². The number of aryl methyl sites for hydroxylation is 1. The molecule has 0 unspecified atom stereocenters. The topological polar surface area (TPSA) is 124 Å². The molecule has 1 aliphatic rings. The Morgan fingerprint density at radius 1 is 1.19 bits per heavy atom. The molecule has 0 saturated carbocycles. The van der Waals surface area contributed by atoms with E-state index in [0.717, 1.165) is 41.9 Å². The van der Waals surface area contributed by atoms with Crippen LogP contribution in [-0.4, -0.2) is 50.1 Å². The minimum Gasteiger partial charge on any atom is -0.383 e. The maximum atomic E-state index is 11.7. The molecule has 1 aliphatic heterocycles. The van der Waals surface area contributed by atoms with Gasteiger partial charge in [0.05, 0.1) is 11.9 Å². The molecule has 0 saturated heterocycles. The van der Waals surface area contributed by atoms with Crippen molar-refractivity contribution in [2.45, 2.75) is 19.8 Å². The largest absolute Gasteiger partial charge is 0.383 e. The molecule has 0 fully saturated rings. The van der Waals surface area contributed by atoms with Gasteiger partial charge in [0.15, 0.2) is 0 Å². The SMILES string of the molecule is CNC.CS(=O)(=O)O.Cc1ccc(-c2n[nH]c(=O)c3c2NCCC3)cc1. The summed E-state index contributed by atoms with van der Waals surface area (Å²) in [6.07, 6.45) is 2.53. The van der Waals surface area contributed by atoms with Crippen LogP contribution in [0.15, 0.2) is 29.1 Å². The summed E-state index contributed by atoms with van der Waals surface area (Å²) in [7, 11) is 0.0833. The molecule has 1 aromatic carbocycles. The summed E-state index contributed by atoms with van der Waals surface area (Å²) in [5.41, 5.74) is 4.73. The van der Waals surface area contributed by atoms with Crippen molar-refractivity contribution in [2.75, 3.05) is 32.2 Å². The van der Waals surface area contributed by atoms with Gasteiger partial charge in [0.1, 0.15) is 5.69 Å². The van der Waals surface area contributed by atoms with Gasteiger partial charge in [-0.25, -0.2) is 5.10 Å². The first-order valence-corrected chi connectivity index (χ1v) is 9.95. The maximum Gasteiger partial charge on any atom is 0.269 e. The highest BCUT2D eigenvalue weighted by Crippen LogP contribution is 2.29. The van der Waals surface area contributed by atoms with E-state index in [-0.39, 0.29) is 5.56 Å². The number of rotatable bonds is 1. The third-order valence-electron chi connectivity index (χ3n) is 3.31. The molecule has 2 aromatic rings. The summed E-state index contributed by atoms with van der Waals surface area (Å²) in [6.45, 7) is 2.95. The van der Waals surface area contributed by atoms with E-state index in [1.807, 2.05) is 26.2 Å². The minimum absolute atomic E-state index is 0.0759. The minimum atomic E-state index is -3.67.